The van der Waals surface area contributed by atoms with E-state index in [1.54, 1.807) is 0 Å². The lowest BCUT2D eigenvalue weighted by Gasteiger charge is -2.10. The van der Waals surface area contributed by atoms with Crippen molar-refractivity contribution in [2.24, 2.45) is 11.8 Å². The van der Waals surface area contributed by atoms with E-state index in [-0.39, 0.29) is 0 Å². The van der Waals surface area contributed by atoms with Crippen LogP contribution >= 0.6 is 11.8 Å². The Bertz CT molecular complexity index is 130. The van der Waals surface area contributed by atoms with Gasteiger partial charge >= 0.3 is 0 Å². The third-order valence-corrected chi connectivity index (χ3v) is 4.18. The maximum Gasteiger partial charge on any atom is 0.00582 e. The first-order valence-electron chi connectivity index (χ1n) is 6.07. The zero-order valence-corrected chi connectivity index (χ0v) is 10.5. The second-order valence-corrected chi connectivity index (χ2v) is 5.97. The summed E-state index contributed by atoms with van der Waals surface area (Å²) in [5.74, 6) is 4.43. The van der Waals surface area contributed by atoms with Crippen molar-refractivity contribution in [3.8, 4) is 0 Å². The molecule has 2 heteroatoms. The van der Waals surface area contributed by atoms with Crippen LogP contribution in [0.1, 0.15) is 39.5 Å². The van der Waals surface area contributed by atoms with Gasteiger partial charge < -0.3 is 5.32 Å². The summed E-state index contributed by atoms with van der Waals surface area (Å²) in [4.78, 5) is 0. The summed E-state index contributed by atoms with van der Waals surface area (Å²) in [5.41, 5.74) is 0. The third kappa shape index (κ3) is 5.92. The summed E-state index contributed by atoms with van der Waals surface area (Å²) in [7, 11) is 0. The first-order valence-corrected chi connectivity index (χ1v) is 7.23. The molecule has 1 saturated carbocycles. The molecule has 1 aliphatic rings. The van der Waals surface area contributed by atoms with Gasteiger partial charge in [0.25, 0.3) is 0 Å². The van der Waals surface area contributed by atoms with E-state index in [1.807, 2.05) is 0 Å². The van der Waals surface area contributed by atoms with Gasteiger partial charge in [-0.05, 0) is 37.0 Å². The Labute approximate surface area is 93.4 Å². The van der Waals surface area contributed by atoms with E-state index < -0.39 is 0 Å². The van der Waals surface area contributed by atoms with Gasteiger partial charge in [-0.15, -0.1) is 0 Å². The molecule has 0 aliphatic heterocycles. The number of nitrogens with one attached hydrogen (secondary N) is 1. The molecule has 1 fully saturated rings. The number of rotatable bonds is 7. The van der Waals surface area contributed by atoms with E-state index >= 15 is 0 Å². The summed E-state index contributed by atoms with van der Waals surface area (Å²) in [6.07, 6.45) is 5.86. The van der Waals surface area contributed by atoms with Gasteiger partial charge in [-0.1, -0.05) is 26.7 Å². The minimum atomic E-state index is 0.842. The second kappa shape index (κ2) is 7.58. The number of hydrogen-bond donors (Lipinski definition) is 1. The molecule has 0 aromatic carbocycles. The Hall–Kier alpha value is 0.310. The molecule has 0 atom stereocenters. The van der Waals surface area contributed by atoms with Crippen LogP contribution in [0, 0.1) is 11.8 Å². The molecule has 0 saturated heterocycles. The van der Waals surface area contributed by atoms with Crippen LogP contribution in [0.4, 0.5) is 0 Å². The summed E-state index contributed by atoms with van der Waals surface area (Å²) < 4.78 is 0. The molecule has 0 heterocycles. The molecule has 1 aliphatic carbocycles. The zero-order valence-electron chi connectivity index (χ0n) is 9.72. The van der Waals surface area contributed by atoms with E-state index in [2.05, 4.69) is 30.9 Å². The van der Waals surface area contributed by atoms with Crippen molar-refractivity contribution in [3.63, 3.8) is 0 Å². The normalized spacial score (nSPS) is 18.2. The molecular weight excluding hydrogens is 190 g/mol. The van der Waals surface area contributed by atoms with Gasteiger partial charge in [0.2, 0.25) is 0 Å². The fourth-order valence-corrected chi connectivity index (χ4v) is 2.91. The standard InChI is InChI=1S/C12H25NS/c1-11(2)10-14-8-7-13-9-12-5-3-4-6-12/h11-13H,3-10H2,1-2H3. The zero-order chi connectivity index (χ0) is 10.2. The van der Waals surface area contributed by atoms with E-state index in [1.165, 1.54) is 50.3 Å². The van der Waals surface area contributed by atoms with E-state index in [4.69, 9.17) is 0 Å². The average Bonchev–Trinajstić information content (AvgIpc) is 2.63. The van der Waals surface area contributed by atoms with E-state index in [0.29, 0.717) is 0 Å². The third-order valence-electron chi connectivity index (χ3n) is 2.78. The molecule has 0 aromatic heterocycles. The largest absolute Gasteiger partial charge is 0.316 e. The minimum absolute atomic E-state index is 0.842. The maximum atomic E-state index is 3.58. The lowest BCUT2D eigenvalue weighted by molar-refractivity contribution is 0.500. The van der Waals surface area contributed by atoms with E-state index in [0.717, 1.165) is 11.8 Å². The molecule has 1 rings (SSSR count). The highest BCUT2D eigenvalue weighted by molar-refractivity contribution is 7.99. The van der Waals surface area contributed by atoms with Crippen LogP contribution in [-0.4, -0.2) is 24.6 Å². The molecule has 14 heavy (non-hydrogen) atoms. The fraction of sp³-hybridized carbons (Fsp3) is 1.00. The van der Waals surface area contributed by atoms with Crippen LogP contribution in [0.15, 0.2) is 0 Å². The Balaban J connectivity index is 1.79. The SMILES string of the molecule is CC(C)CSCCNCC1CCCC1. The van der Waals surface area contributed by atoms with Crippen molar-refractivity contribution in [1.29, 1.82) is 0 Å². The number of hydrogen-bond acceptors (Lipinski definition) is 2. The van der Waals surface area contributed by atoms with E-state index in [9.17, 15) is 0 Å². The van der Waals surface area contributed by atoms with Gasteiger partial charge in [0.1, 0.15) is 0 Å². The van der Waals surface area contributed by atoms with Crippen molar-refractivity contribution in [2.75, 3.05) is 24.6 Å². The maximum absolute atomic E-state index is 3.58. The van der Waals surface area contributed by atoms with Crippen LogP contribution < -0.4 is 5.32 Å². The topological polar surface area (TPSA) is 12.0 Å². The fourth-order valence-electron chi connectivity index (χ4n) is 1.98. The summed E-state index contributed by atoms with van der Waals surface area (Å²) in [5, 5.41) is 3.58. The van der Waals surface area contributed by atoms with Crippen molar-refractivity contribution < 1.29 is 0 Å². The first kappa shape index (κ1) is 12.4. The Kier molecular flexibility index (Phi) is 6.70. The van der Waals surface area contributed by atoms with Gasteiger partial charge in [0.05, 0.1) is 0 Å². The van der Waals surface area contributed by atoms with Gasteiger partial charge in [-0.25, -0.2) is 0 Å². The van der Waals surface area contributed by atoms with Crippen molar-refractivity contribution in [2.45, 2.75) is 39.5 Å². The molecule has 84 valence electrons. The number of thioether (sulfide) groups is 1. The molecule has 1 N–H and O–H groups in total. The van der Waals surface area contributed by atoms with Gasteiger partial charge in [0.15, 0.2) is 0 Å². The van der Waals surface area contributed by atoms with Crippen molar-refractivity contribution in [3.05, 3.63) is 0 Å². The van der Waals surface area contributed by atoms with Crippen molar-refractivity contribution in [1.82, 2.24) is 5.32 Å². The highest BCUT2D eigenvalue weighted by Gasteiger charge is 2.13. The molecule has 1 nitrogen and oxygen atoms in total. The monoisotopic (exact) mass is 215 g/mol. The summed E-state index contributed by atoms with van der Waals surface area (Å²) in [6, 6.07) is 0. The predicted molar refractivity (Wildman–Crippen MR) is 67.0 cm³/mol. The molecule has 0 aromatic rings. The highest BCUT2D eigenvalue weighted by Crippen LogP contribution is 2.23. The quantitative estimate of drug-likeness (QED) is 0.655. The molecule has 0 radical (unpaired) electrons. The Morgan fingerprint density at radius 3 is 2.64 bits per heavy atom. The van der Waals surface area contributed by atoms with Crippen LogP contribution in [0.25, 0.3) is 0 Å². The molecule has 0 unspecified atom stereocenters. The lowest BCUT2D eigenvalue weighted by Crippen LogP contribution is -2.23. The lowest BCUT2D eigenvalue weighted by atomic mass is 10.1. The van der Waals surface area contributed by atoms with Crippen LogP contribution in [-0.2, 0) is 0 Å². The molecule has 0 amide bonds. The van der Waals surface area contributed by atoms with Crippen LogP contribution in [0.5, 0.6) is 0 Å². The van der Waals surface area contributed by atoms with Gasteiger partial charge in [-0.2, -0.15) is 11.8 Å². The predicted octanol–water partition coefficient (Wildman–Crippen LogP) is 3.16. The molecule has 0 bridgehead atoms. The van der Waals surface area contributed by atoms with Gasteiger partial charge in [-0.3, -0.25) is 0 Å². The summed E-state index contributed by atoms with van der Waals surface area (Å²) >= 11 is 2.08. The van der Waals surface area contributed by atoms with Gasteiger partial charge in [0, 0.05) is 12.3 Å². The smallest absolute Gasteiger partial charge is 0.00582 e. The molecular formula is C12H25NS. The molecule has 0 spiro atoms. The van der Waals surface area contributed by atoms with Crippen LogP contribution in [0.3, 0.4) is 0 Å². The first-order chi connectivity index (χ1) is 6.79. The Morgan fingerprint density at radius 1 is 1.29 bits per heavy atom. The van der Waals surface area contributed by atoms with Crippen LogP contribution in [0.2, 0.25) is 0 Å². The Morgan fingerprint density at radius 2 is 2.00 bits per heavy atom. The highest BCUT2D eigenvalue weighted by atomic mass is 32.2. The summed E-state index contributed by atoms with van der Waals surface area (Å²) in [6.45, 7) is 7.05. The van der Waals surface area contributed by atoms with Crippen molar-refractivity contribution >= 4 is 11.8 Å². The average molecular weight is 215 g/mol. The minimum Gasteiger partial charge on any atom is -0.316 e. The second-order valence-electron chi connectivity index (χ2n) is 4.82.